The average molecular weight is 240 g/mol. The van der Waals surface area contributed by atoms with Crippen molar-refractivity contribution < 1.29 is 0 Å². The molecule has 68 valence electrons. The molecule has 3 nitrogen and oxygen atoms in total. The number of aromatic nitrogens is 2. The van der Waals surface area contributed by atoms with Crippen LogP contribution >= 0.6 is 15.9 Å². The number of hydrogen-bond acceptors (Lipinski definition) is 2. The highest BCUT2D eigenvalue weighted by atomic mass is 79.9. The van der Waals surface area contributed by atoms with Gasteiger partial charge in [0.1, 0.15) is 5.65 Å². The lowest BCUT2D eigenvalue weighted by molar-refractivity contribution is 0.623. The Bertz CT molecular complexity index is 422. The summed E-state index contributed by atoms with van der Waals surface area (Å²) < 4.78 is 3.13. The topological polar surface area (TPSA) is 29.9 Å². The van der Waals surface area contributed by atoms with Crippen LogP contribution in [0.15, 0.2) is 29.0 Å². The van der Waals surface area contributed by atoms with Gasteiger partial charge in [0.2, 0.25) is 0 Å². The number of halogens is 1. The second-order valence-electron chi connectivity index (χ2n) is 2.82. The fourth-order valence-electron chi connectivity index (χ4n) is 1.36. The van der Waals surface area contributed by atoms with Crippen molar-refractivity contribution >= 4 is 27.0 Å². The van der Waals surface area contributed by atoms with E-state index in [1.165, 1.54) is 0 Å². The van der Waals surface area contributed by atoms with Gasteiger partial charge in [-0.2, -0.15) is 0 Å². The molecule has 2 heterocycles. The molecule has 1 N–H and O–H groups in total. The number of nitrogens with zero attached hydrogens (tertiary/aromatic N) is 2. The number of hydrogen-bond donors (Lipinski definition) is 1. The molecule has 2 rings (SSSR count). The summed E-state index contributed by atoms with van der Waals surface area (Å²) in [6.45, 7) is 0.765. The van der Waals surface area contributed by atoms with E-state index in [0.717, 1.165) is 22.3 Å². The van der Waals surface area contributed by atoms with Gasteiger partial charge in [-0.25, -0.2) is 4.98 Å². The molecule has 0 fully saturated rings. The average Bonchev–Trinajstić information content (AvgIpc) is 2.44. The Labute approximate surface area is 84.9 Å². The lowest BCUT2D eigenvalue weighted by Crippen LogP contribution is -2.13. The highest BCUT2D eigenvalue weighted by molar-refractivity contribution is 9.10. The van der Waals surface area contributed by atoms with Gasteiger partial charge in [-0.3, -0.25) is 0 Å². The van der Waals surface area contributed by atoms with Gasteiger partial charge in [0.25, 0.3) is 0 Å². The summed E-state index contributed by atoms with van der Waals surface area (Å²) in [6.07, 6.45) is 1.81. The Balaban J connectivity index is 2.64. The minimum atomic E-state index is 0.765. The molecule has 0 atom stereocenters. The van der Waals surface area contributed by atoms with E-state index in [-0.39, 0.29) is 0 Å². The first kappa shape index (κ1) is 8.72. The van der Waals surface area contributed by atoms with E-state index in [4.69, 9.17) is 0 Å². The SMILES string of the molecule is CNCn1c(Br)cc2cccnc21. The molecule has 13 heavy (non-hydrogen) atoms. The molecule has 0 amide bonds. The van der Waals surface area contributed by atoms with Gasteiger partial charge in [-0.1, -0.05) is 0 Å². The smallest absolute Gasteiger partial charge is 0.141 e. The lowest BCUT2D eigenvalue weighted by Gasteiger charge is -2.03. The summed E-state index contributed by atoms with van der Waals surface area (Å²) in [4.78, 5) is 4.31. The highest BCUT2D eigenvalue weighted by Gasteiger charge is 2.05. The summed E-state index contributed by atoms with van der Waals surface area (Å²) in [5.41, 5.74) is 1.00. The molecule has 2 aromatic heterocycles. The van der Waals surface area contributed by atoms with Crippen LogP contribution in [0, 0.1) is 0 Å². The molecular formula is C9H10BrN3. The molecule has 0 aliphatic heterocycles. The molecule has 0 aliphatic carbocycles. The van der Waals surface area contributed by atoms with Crippen molar-refractivity contribution in [2.45, 2.75) is 6.67 Å². The number of nitrogens with one attached hydrogen (secondary N) is 1. The quantitative estimate of drug-likeness (QED) is 0.869. The van der Waals surface area contributed by atoms with Gasteiger partial charge >= 0.3 is 0 Å². The summed E-state index contributed by atoms with van der Waals surface area (Å²) in [7, 11) is 1.92. The van der Waals surface area contributed by atoms with Crippen LogP contribution in [0.2, 0.25) is 0 Å². The third kappa shape index (κ3) is 1.47. The van der Waals surface area contributed by atoms with E-state index in [2.05, 4.69) is 42.9 Å². The molecule has 0 aliphatic rings. The minimum absolute atomic E-state index is 0.765. The van der Waals surface area contributed by atoms with E-state index < -0.39 is 0 Å². The molecular weight excluding hydrogens is 230 g/mol. The monoisotopic (exact) mass is 239 g/mol. The zero-order valence-electron chi connectivity index (χ0n) is 7.29. The summed E-state index contributed by atoms with van der Waals surface area (Å²) >= 11 is 3.49. The van der Waals surface area contributed by atoms with Gasteiger partial charge in [0.05, 0.1) is 11.3 Å². The summed E-state index contributed by atoms with van der Waals surface area (Å²) in [6, 6.07) is 6.07. The first-order chi connectivity index (χ1) is 6.33. The van der Waals surface area contributed by atoms with E-state index in [0.29, 0.717) is 0 Å². The Hall–Kier alpha value is -0.870. The molecule has 0 unspecified atom stereocenters. The van der Waals surface area contributed by atoms with Crippen molar-refractivity contribution in [1.29, 1.82) is 0 Å². The normalized spacial score (nSPS) is 10.9. The van der Waals surface area contributed by atoms with Crippen LogP contribution in [0.1, 0.15) is 0 Å². The highest BCUT2D eigenvalue weighted by Crippen LogP contribution is 2.21. The summed E-state index contributed by atoms with van der Waals surface area (Å²) in [5.74, 6) is 0. The van der Waals surface area contributed by atoms with Crippen LogP contribution in [-0.4, -0.2) is 16.6 Å². The maximum Gasteiger partial charge on any atom is 0.141 e. The molecule has 4 heteroatoms. The Morgan fingerprint density at radius 1 is 1.62 bits per heavy atom. The van der Waals surface area contributed by atoms with Gasteiger partial charge in [0, 0.05) is 11.6 Å². The van der Waals surface area contributed by atoms with Gasteiger partial charge in [-0.15, -0.1) is 0 Å². The molecule has 0 saturated carbocycles. The molecule has 0 aromatic carbocycles. The number of pyridine rings is 1. The molecule has 0 spiro atoms. The Morgan fingerprint density at radius 3 is 3.23 bits per heavy atom. The first-order valence-corrected chi connectivity index (χ1v) is 4.86. The van der Waals surface area contributed by atoms with Crippen LogP contribution in [0.4, 0.5) is 0 Å². The van der Waals surface area contributed by atoms with Gasteiger partial charge in [0.15, 0.2) is 0 Å². The van der Waals surface area contributed by atoms with E-state index >= 15 is 0 Å². The predicted octanol–water partition coefficient (Wildman–Crippen LogP) is 1.98. The van der Waals surface area contributed by atoms with Crippen LogP contribution < -0.4 is 5.32 Å². The first-order valence-electron chi connectivity index (χ1n) is 4.07. The standard InChI is InChI=1S/C9H10BrN3/c1-11-6-13-8(10)5-7-3-2-4-12-9(7)13/h2-5,11H,6H2,1H3. The number of fused-ring (bicyclic) bond motifs is 1. The maximum absolute atomic E-state index is 4.31. The van der Waals surface area contributed by atoms with E-state index in [1.807, 2.05) is 13.1 Å². The fraction of sp³-hybridized carbons (Fsp3) is 0.222. The van der Waals surface area contributed by atoms with E-state index in [1.54, 1.807) is 6.20 Å². The van der Waals surface area contributed by atoms with Crippen molar-refractivity contribution in [3.8, 4) is 0 Å². The van der Waals surface area contributed by atoms with Crippen molar-refractivity contribution in [3.63, 3.8) is 0 Å². The largest absolute Gasteiger partial charge is 0.306 e. The van der Waals surface area contributed by atoms with Crippen LogP contribution in [0.5, 0.6) is 0 Å². The van der Waals surface area contributed by atoms with Gasteiger partial charge < -0.3 is 9.88 Å². The van der Waals surface area contributed by atoms with Crippen LogP contribution in [0.3, 0.4) is 0 Å². The van der Waals surface area contributed by atoms with Crippen molar-refractivity contribution in [1.82, 2.24) is 14.9 Å². The fourth-order valence-corrected chi connectivity index (χ4v) is 1.90. The van der Waals surface area contributed by atoms with Crippen LogP contribution in [-0.2, 0) is 6.67 Å². The second kappa shape index (κ2) is 3.47. The van der Waals surface area contributed by atoms with Crippen molar-refractivity contribution in [2.75, 3.05) is 7.05 Å². The third-order valence-corrected chi connectivity index (χ3v) is 2.58. The molecule has 2 aromatic rings. The summed E-state index contributed by atoms with van der Waals surface area (Å²) in [5, 5.41) is 4.25. The Kier molecular flexibility index (Phi) is 2.33. The van der Waals surface area contributed by atoms with E-state index in [9.17, 15) is 0 Å². The third-order valence-electron chi connectivity index (χ3n) is 1.92. The lowest BCUT2D eigenvalue weighted by atomic mass is 10.3. The number of rotatable bonds is 2. The van der Waals surface area contributed by atoms with Crippen molar-refractivity contribution in [2.24, 2.45) is 0 Å². The van der Waals surface area contributed by atoms with Crippen molar-refractivity contribution in [3.05, 3.63) is 29.0 Å². The second-order valence-corrected chi connectivity index (χ2v) is 3.64. The predicted molar refractivity (Wildman–Crippen MR) is 56.5 cm³/mol. The zero-order valence-corrected chi connectivity index (χ0v) is 8.87. The molecule has 0 radical (unpaired) electrons. The van der Waals surface area contributed by atoms with Gasteiger partial charge in [-0.05, 0) is 41.2 Å². The molecule has 0 saturated heterocycles. The zero-order chi connectivity index (χ0) is 9.26. The Morgan fingerprint density at radius 2 is 2.46 bits per heavy atom. The minimum Gasteiger partial charge on any atom is -0.306 e. The maximum atomic E-state index is 4.31. The molecule has 0 bridgehead atoms. The van der Waals surface area contributed by atoms with Crippen LogP contribution in [0.25, 0.3) is 11.0 Å².